The van der Waals surface area contributed by atoms with E-state index in [4.69, 9.17) is 8.94 Å². The van der Waals surface area contributed by atoms with Crippen molar-refractivity contribution >= 4 is 22.1 Å². The van der Waals surface area contributed by atoms with Gasteiger partial charge in [0.15, 0.2) is 11.2 Å². The summed E-state index contributed by atoms with van der Waals surface area (Å²) >= 11 is 0. The Balaban J connectivity index is 2.28. The van der Waals surface area contributed by atoms with Crippen LogP contribution in [0.1, 0.15) is 53.1 Å². The normalized spacial score (nSPS) is 13.5. The van der Waals surface area contributed by atoms with Crippen LogP contribution in [0, 0.1) is 0 Å². The van der Waals surface area contributed by atoms with Gasteiger partial charge in [-0.3, -0.25) is 0 Å². The standard InChI is InChI=1S/C16H20N2O2/c1-15(2,3)13-9-7-10-12(8-11(9)20-18-13)19-14(17-10)16(4,5)6/h7-8H,1-6H3. The van der Waals surface area contributed by atoms with Crippen LogP contribution in [0.4, 0.5) is 0 Å². The zero-order valence-electron chi connectivity index (χ0n) is 12.9. The fourth-order valence-electron chi connectivity index (χ4n) is 2.22. The molecule has 0 atom stereocenters. The Hall–Kier alpha value is -1.84. The van der Waals surface area contributed by atoms with Gasteiger partial charge >= 0.3 is 0 Å². The molecule has 20 heavy (non-hydrogen) atoms. The average Bonchev–Trinajstić information content (AvgIpc) is 2.85. The van der Waals surface area contributed by atoms with Crippen LogP contribution in [0.15, 0.2) is 21.1 Å². The highest BCUT2D eigenvalue weighted by Gasteiger charge is 2.25. The largest absolute Gasteiger partial charge is 0.440 e. The highest BCUT2D eigenvalue weighted by Crippen LogP contribution is 2.33. The van der Waals surface area contributed by atoms with Crippen LogP contribution in [0.2, 0.25) is 0 Å². The molecular formula is C16H20N2O2. The van der Waals surface area contributed by atoms with Crippen molar-refractivity contribution in [3.8, 4) is 0 Å². The van der Waals surface area contributed by atoms with Gasteiger partial charge in [-0.2, -0.15) is 0 Å². The number of hydrogen-bond donors (Lipinski definition) is 0. The summed E-state index contributed by atoms with van der Waals surface area (Å²) in [5, 5.41) is 5.21. The first-order chi connectivity index (χ1) is 9.16. The topological polar surface area (TPSA) is 52.1 Å². The molecule has 0 aliphatic rings. The van der Waals surface area contributed by atoms with E-state index >= 15 is 0 Å². The molecule has 3 rings (SSSR count). The third-order valence-electron chi connectivity index (χ3n) is 3.33. The number of oxazole rings is 1. The zero-order valence-corrected chi connectivity index (χ0v) is 12.9. The highest BCUT2D eigenvalue weighted by atomic mass is 16.5. The molecular weight excluding hydrogens is 252 g/mol. The molecule has 0 radical (unpaired) electrons. The molecule has 2 aromatic heterocycles. The molecule has 0 spiro atoms. The second kappa shape index (κ2) is 3.84. The van der Waals surface area contributed by atoms with Crippen molar-refractivity contribution in [3.05, 3.63) is 23.7 Å². The molecule has 106 valence electrons. The summed E-state index contributed by atoms with van der Waals surface area (Å²) in [5.74, 6) is 0.741. The monoisotopic (exact) mass is 272 g/mol. The van der Waals surface area contributed by atoms with Crippen LogP contribution in [0.25, 0.3) is 22.1 Å². The molecule has 0 unspecified atom stereocenters. The van der Waals surface area contributed by atoms with E-state index < -0.39 is 0 Å². The van der Waals surface area contributed by atoms with Crippen LogP contribution >= 0.6 is 0 Å². The summed E-state index contributed by atoms with van der Waals surface area (Å²) in [6.07, 6.45) is 0. The molecule has 4 nitrogen and oxygen atoms in total. The Morgan fingerprint density at radius 1 is 0.900 bits per heavy atom. The van der Waals surface area contributed by atoms with E-state index in [1.165, 1.54) is 0 Å². The Bertz CT molecular complexity index is 782. The predicted octanol–water partition coefficient (Wildman–Crippen LogP) is 4.56. The Labute approximate surface area is 118 Å². The lowest BCUT2D eigenvalue weighted by Gasteiger charge is -2.14. The number of nitrogens with zero attached hydrogens (tertiary/aromatic N) is 2. The Kier molecular flexibility index (Phi) is 2.53. The number of aromatic nitrogens is 2. The highest BCUT2D eigenvalue weighted by molar-refractivity contribution is 5.92. The Morgan fingerprint density at radius 2 is 1.60 bits per heavy atom. The lowest BCUT2D eigenvalue weighted by molar-refractivity contribution is 0.408. The van der Waals surface area contributed by atoms with E-state index in [0.29, 0.717) is 0 Å². The van der Waals surface area contributed by atoms with E-state index in [1.807, 2.05) is 12.1 Å². The van der Waals surface area contributed by atoms with Gasteiger partial charge < -0.3 is 8.94 Å². The van der Waals surface area contributed by atoms with Gasteiger partial charge in [0, 0.05) is 22.3 Å². The maximum Gasteiger partial charge on any atom is 0.200 e. The third-order valence-corrected chi connectivity index (χ3v) is 3.33. The number of benzene rings is 1. The summed E-state index contributed by atoms with van der Waals surface area (Å²) in [6.45, 7) is 12.6. The molecule has 3 aromatic rings. The van der Waals surface area contributed by atoms with Gasteiger partial charge in [-0.05, 0) is 6.07 Å². The van der Waals surface area contributed by atoms with Crippen molar-refractivity contribution in [2.24, 2.45) is 0 Å². The van der Waals surface area contributed by atoms with Crippen LogP contribution in [-0.4, -0.2) is 10.1 Å². The van der Waals surface area contributed by atoms with Gasteiger partial charge in [0.1, 0.15) is 5.52 Å². The van der Waals surface area contributed by atoms with Crippen molar-refractivity contribution in [2.75, 3.05) is 0 Å². The summed E-state index contributed by atoms with van der Waals surface area (Å²) in [5.41, 5.74) is 3.14. The van der Waals surface area contributed by atoms with Gasteiger partial charge in [0.05, 0.1) is 5.69 Å². The SMILES string of the molecule is CC(C)(C)c1nc2cc3c(C(C)(C)C)noc3cc2o1. The van der Waals surface area contributed by atoms with Crippen LogP contribution in [0.3, 0.4) is 0 Å². The molecule has 0 fully saturated rings. The molecule has 0 amide bonds. The van der Waals surface area contributed by atoms with Gasteiger partial charge in [-0.15, -0.1) is 0 Å². The zero-order chi connectivity index (χ0) is 14.7. The first-order valence-electron chi connectivity index (χ1n) is 6.87. The fourth-order valence-corrected chi connectivity index (χ4v) is 2.22. The van der Waals surface area contributed by atoms with Crippen molar-refractivity contribution in [1.82, 2.24) is 10.1 Å². The van der Waals surface area contributed by atoms with E-state index in [-0.39, 0.29) is 10.8 Å². The molecule has 0 aliphatic heterocycles. The minimum Gasteiger partial charge on any atom is -0.440 e. The van der Waals surface area contributed by atoms with Crippen molar-refractivity contribution in [1.29, 1.82) is 0 Å². The number of hydrogen-bond acceptors (Lipinski definition) is 4. The van der Waals surface area contributed by atoms with Gasteiger partial charge in [-0.1, -0.05) is 46.7 Å². The van der Waals surface area contributed by atoms with Crippen molar-refractivity contribution in [3.63, 3.8) is 0 Å². The molecule has 0 saturated heterocycles. The first-order valence-corrected chi connectivity index (χ1v) is 6.87. The number of rotatable bonds is 0. The molecule has 2 heterocycles. The molecule has 4 heteroatoms. The second-order valence-electron chi connectivity index (χ2n) is 7.37. The van der Waals surface area contributed by atoms with E-state index in [2.05, 4.69) is 51.7 Å². The summed E-state index contributed by atoms with van der Waals surface area (Å²) < 4.78 is 11.3. The fraction of sp³-hybridized carbons (Fsp3) is 0.500. The summed E-state index contributed by atoms with van der Waals surface area (Å²) in [6, 6.07) is 3.90. The van der Waals surface area contributed by atoms with E-state index in [1.54, 1.807) is 0 Å². The van der Waals surface area contributed by atoms with Crippen molar-refractivity contribution < 1.29 is 8.94 Å². The van der Waals surface area contributed by atoms with E-state index in [9.17, 15) is 0 Å². The quantitative estimate of drug-likeness (QED) is 0.601. The average molecular weight is 272 g/mol. The molecule has 0 saturated carbocycles. The maximum absolute atomic E-state index is 5.84. The molecule has 0 aliphatic carbocycles. The lowest BCUT2D eigenvalue weighted by atomic mass is 9.90. The van der Waals surface area contributed by atoms with Gasteiger partial charge in [0.2, 0.25) is 5.89 Å². The van der Waals surface area contributed by atoms with Crippen LogP contribution in [0.5, 0.6) is 0 Å². The Morgan fingerprint density at radius 3 is 2.20 bits per heavy atom. The van der Waals surface area contributed by atoms with E-state index in [0.717, 1.165) is 33.7 Å². The molecule has 0 bridgehead atoms. The number of fused-ring (bicyclic) bond motifs is 2. The first kappa shape index (κ1) is 13.2. The van der Waals surface area contributed by atoms with Crippen molar-refractivity contribution in [2.45, 2.75) is 52.4 Å². The van der Waals surface area contributed by atoms with Gasteiger partial charge in [-0.25, -0.2) is 4.98 Å². The molecule has 0 N–H and O–H groups in total. The minimum atomic E-state index is -0.106. The maximum atomic E-state index is 5.84. The smallest absolute Gasteiger partial charge is 0.200 e. The third kappa shape index (κ3) is 1.99. The predicted molar refractivity (Wildman–Crippen MR) is 79.0 cm³/mol. The van der Waals surface area contributed by atoms with Crippen LogP contribution < -0.4 is 0 Å². The second-order valence-corrected chi connectivity index (χ2v) is 7.37. The summed E-state index contributed by atoms with van der Waals surface area (Å²) in [7, 11) is 0. The van der Waals surface area contributed by atoms with Gasteiger partial charge in [0.25, 0.3) is 0 Å². The van der Waals surface area contributed by atoms with Crippen LogP contribution in [-0.2, 0) is 10.8 Å². The lowest BCUT2D eigenvalue weighted by Crippen LogP contribution is -2.11. The molecule has 1 aromatic carbocycles. The summed E-state index contributed by atoms with van der Waals surface area (Å²) in [4.78, 5) is 4.60. The minimum absolute atomic E-state index is 0.0600.